The third kappa shape index (κ3) is 4.78. The highest BCUT2D eigenvalue weighted by molar-refractivity contribution is 7.89. The fourth-order valence-electron chi connectivity index (χ4n) is 4.35. The topological polar surface area (TPSA) is 104 Å². The Bertz CT molecular complexity index is 1470. The normalized spacial score (nSPS) is 16.8. The zero-order valence-corrected chi connectivity index (χ0v) is 20.1. The van der Waals surface area contributed by atoms with E-state index in [-0.39, 0.29) is 17.3 Å². The minimum atomic E-state index is -3.77. The molecule has 1 amide bonds. The molecule has 3 aromatic carbocycles. The summed E-state index contributed by atoms with van der Waals surface area (Å²) < 4.78 is 33.5. The third-order valence-electron chi connectivity index (χ3n) is 6.23. The molecule has 2 heterocycles. The number of fused-ring (bicyclic) bond motifs is 1. The van der Waals surface area contributed by atoms with Crippen LogP contribution in [0.1, 0.15) is 12.8 Å². The van der Waals surface area contributed by atoms with E-state index in [0.717, 1.165) is 5.56 Å². The van der Waals surface area contributed by atoms with Gasteiger partial charge in [0.1, 0.15) is 11.6 Å². The van der Waals surface area contributed by atoms with Gasteiger partial charge in [-0.1, -0.05) is 36.4 Å². The predicted molar refractivity (Wildman–Crippen MR) is 135 cm³/mol. The van der Waals surface area contributed by atoms with Crippen LogP contribution in [-0.2, 0) is 14.8 Å². The number of H-pyrrole nitrogens is 1. The Hall–Kier alpha value is -3.69. The Morgan fingerprint density at radius 1 is 1.09 bits per heavy atom. The van der Waals surface area contributed by atoms with Crippen LogP contribution in [0.3, 0.4) is 0 Å². The fourth-order valence-corrected chi connectivity index (χ4v) is 5.90. The van der Waals surface area contributed by atoms with E-state index >= 15 is 0 Å². The average molecular weight is 491 g/mol. The lowest BCUT2D eigenvalue weighted by atomic mass is 9.98. The molecule has 2 N–H and O–H groups in total. The van der Waals surface area contributed by atoms with Gasteiger partial charge in [0.25, 0.3) is 0 Å². The molecule has 0 saturated carbocycles. The molecule has 1 aliphatic rings. The van der Waals surface area contributed by atoms with Gasteiger partial charge < -0.3 is 15.0 Å². The van der Waals surface area contributed by atoms with E-state index in [9.17, 15) is 13.2 Å². The number of nitrogens with one attached hydrogen (secondary N) is 2. The minimum Gasteiger partial charge on any atom is -0.497 e. The first-order chi connectivity index (χ1) is 16.9. The van der Waals surface area contributed by atoms with E-state index in [1.807, 2.05) is 30.3 Å². The molecule has 0 spiro atoms. The largest absolute Gasteiger partial charge is 0.497 e. The number of hydrogen-bond donors (Lipinski definition) is 2. The number of aromatic nitrogens is 2. The first-order valence-electron chi connectivity index (χ1n) is 11.4. The van der Waals surface area contributed by atoms with Gasteiger partial charge in [0.2, 0.25) is 15.9 Å². The molecule has 0 unspecified atom stereocenters. The summed E-state index contributed by atoms with van der Waals surface area (Å²) in [5, 5.41) is 2.89. The standard InChI is InChI=1S/C26H26N4O4S/c1-34-21-11-5-10-20(15-21)27-26(31)19-9-6-14-30(17-19)35(32,33)22-12-13-23-24(16-22)29-25(28-23)18-7-3-2-4-8-18/h2-5,7-8,10-13,15-16,19H,6,9,14,17H2,1H3,(H,27,31)(H,28,29)/t19-/m1/s1. The SMILES string of the molecule is COc1cccc(NC(=O)[C@@H]2CCCN(S(=O)(=O)c3ccc4nc(-c5ccccc5)[nH]c4c3)C2)c1. The number of amides is 1. The highest BCUT2D eigenvalue weighted by Gasteiger charge is 2.33. The molecule has 1 saturated heterocycles. The smallest absolute Gasteiger partial charge is 0.243 e. The van der Waals surface area contributed by atoms with E-state index in [1.165, 1.54) is 4.31 Å². The van der Waals surface area contributed by atoms with Crippen molar-refractivity contribution in [1.82, 2.24) is 14.3 Å². The van der Waals surface area contributed by atoms with Gasteiger partial charge in [0.05, 0.1) is 29.0 Å². The molecule has 35 heavy (non-hydrogen) atoms. The molecule has 0 radical (unpaired) electrons. The second-order valence-electron chi connectivity index (χ2n) is 8.55. The van der Waals surface area contributed by atoms with Crippen LogP contribution in [-0.4, -0.2) is 48.8 Å². The zero-order chi connectivity index (χ0) is 24.4. The van der Waals surface area contributed by atoms with E-state index in [4.69, 9.17) is 4.74 Å². The van der Waals surface area contributed by atoms with Gasteiger partial charge in [-0.05, 0) is 43.2 Å². The molecular formula is C26H26N4O4S. The minimum absolute atomic E-state index is 0.133. The van der Waals surface area contributed by atoms with Crippen molar-refractivity contribution in [3.63, 3.8) is 0 Å². The first-order valence-corrected chi connectivity index (χ1v) is 12.9. The van der Waals surface area contributed by atoms with Crippen LogP contribution in [0.4, 0.5) is 5.69 Å². The van der Waals surface area contributed by atoms with Crippen LogP contribution in [0.2, 0.25) is 0 Å². The molecule has 4 aromatic rings. The molecule has 1 fully saturated rings. The fraction of sp³-hybridized carbons (Fsp3) is 0.231. The van der Waals surface area contributed by atoms with E-state index in [2.05, 4.69) is 15.3 Å². The third-order valence-corrected chi connectivity index (χ3v) is 8.09. The van der Waals surface area contributed by atoms with E-state index < -0.39 is 15.9 Å². The molecular weight excluding hydrogens is 464 g/mol. The second-order valence-corrected chi connectivity index (χ2v) is 10.5. The highest BCUT2D eigenvalue weighted by Crippen LogP contribution is 2.28. The number of rotatable bonds is 6. The van der Waals surface area contributed by atoms with Gasteiger partial charge in [-0.3, -0.25) is 4.79 Å². The Kier molecular flexibility index (Phi) is 6.27. The van der Waals surface area contributed by atoms with Gasteiger partial charge in [-0.25, -0.2) is 13.4 Å². The Morgan fingerprint density at radius 3 is 2.71 bits per heavy atom. The second kappa shape index (κ2) is 9.52. The molecule has 1 atom stereocenters. The number of anilines is 1. The van der Waals surface area contributed by atoms with Crippen LogP contribution in [0.5, 0.6) is 5.75 Å². The maximum Gasteiger partial charge on any atom is 0.243 e. The molecule has 1 aliphatic heterocycles. The molecule has 8 nitrogen and oxygen atoms in total. The quantitative estimate of drug-likeness (QED) is 0.420. The summed E-state index contributed by atoms with van der Waals surface area (Å²) in [5.41, 5.74) is 2.88. The van der Waals surface area contributed by atoms with Crippen molar-refractivity contribution in [3.8, 4) is 17.1 Å². The number of aromatic amines is 1. The van der Waals surface area contributed by atoms with Crippen LogP contribution in [0, 0.1) is 5.92 Å². The first kappa shape index (κ1) is 23.1. The number of imidazole rings is 1. The number of sulfonamides is 1. The maximum atomic E-state index is 13.5. The van der Waals surface area contributed by atoms with Crippen LogP contribution in [0.15, 0.2) is 77.7 Å². The van der Waals surface area contributed by atoms with Crippen molar-refractivity contribution in [3.05, 3.63) is 72.8 Å². The summed E-state index contributed by atoms with van der Waals surface area (Å²) >= 11 is 0. The van der Waals surface area contributed by atoms with Gasteiger partial charge in [0.15, 0.2) is 0 Å². The van der Waals surface area contributed by atoms with E-state index in [0.29, 0.717) is 47.7 Å². The van der Waals surface area contributed by atoms with Gasteiger partial charge in [-0.2, -0.15) is 4.31 Å². The molecule has 1 aromatic heterocycles. The van der Waals surface area contributed by atoms with Crippen molar-refractivity contribution >= 4 is 32.7 Å². The number of benzene rings is 3. The highest BCUT2D eigenvalue weighted by atomic mass is 32.2. The lowest BCUT2D eigenvalue weighted by Gasteiger charge is -2.31. The van der Waals surface area contributed by atoms with Gasteiger partial charge >= 0.3 is 0 Å². The predicted octanol–water partition coefficient (Wildman–Crippen LogP) is 4.28. The number of nitrogens with zero attached hydrogens (tertiary/aromatic N) is 2. The molecule has 5 rings (SSSR count). The number of carbonyl (C=O) groups is 1. The van der Waals surface area contributed by atoms with Crippen molar-refractivity contribution in [2.45, 2.75) is 17.7 Å². The summed E-state index contributed by atoms with van der Waals surface area (Å²) in [6.07, 6.45) is 1.24. The number of hydrogen-bond acceptors (Lipinski definition) is 5. The van der Waals surface area contributed by atoms with Crippen molar-refractivity contribution < 1.29 is 17.9 Å². The summed E-state index contributed by atoms with van der Waals surface area (Å²) in [4.78, 5) is 20.9. The number of ether oxygens (including phenoxy) is 1. The lowest BCUT2D eigenvalue weighted by Crippen LogP contribution is -2.43. The summed E-state index contributed by atoms with van der Waals surface area (Å²) in [5.74, 6) is 0.683. The maximum absolute atomic E-state index is 13.5. The molecule has 0 bridgehead atoms. The van der Waals surface area contributed by atoms with Crippen LogP contribution < -0.4 is 10.1 Å². The zero-order valence-electron chi connectivity index (χ0n) is 19.3. The van der Waals surface area contributed by atoms with Crippen LogP contribution in [0.25, 0.3) is 22.4 Å². The van der Waals surface area contributed by atoms with Crippen molar-refractivity contribution in [1.29, 1.82) is 0 Å². The van der Waals surface area contributed by atoms with Crippen LogP contribution >= 0.6 is 0 Å². The molecule has 0 aliphatic carbocycles. The van der Waals surface area contributed by atoms with E-state index in [1.54, 1.807) is 49.6 Å². The summed E-state index contributed by atoms with van der Waals surface area (Å²) in [7, 11) is -2.21. The van der Waals surface area contributed by atoms with Crippen molar-refractivity contribution in [2.75, 3.05) is 25.5 Å². The van der Waals surface area contributed by atoms with Crippen molar-refractivity contribution in [2.24, 2.45) is 5.92 Å². The summed E-state index contributed by atoms with van der Waals surface area (Å²) in [6.45, 7) is 0.510. The Morgan fingerprint density at radius 2 is 1.91 bits per heavy atom. The lowest BCUT2D eigenvalue weighted by molar-refractivity contribution is -0.120. The molecule has 180 valence electrons. The van der Waals surface area contributed by atoms with Gasteiger partial charge in [0, 0.05) is 30.4 Å². The summed E-state index contributed by atoms with van der Waals surface area (Å²) in [6, 6.07) is 21.7. The Labute approximate surface area is 204 Å². The van der Waals surface area contributed by atoms with Gasteiger partial charge in [-0.15, -0.1) is 0 Å². The number of carbonyl (C=O) groups excluding carboxylic acids is 1. The Balaban J connectivity index is 1.34. The number of methoxy groups -OCH3 is 1. The molecule has 9 heteroatoms. The number of piperidine rings is 1. The average Bonchev–Trinajstić information content (AvgIpc) is 3.33. The monoisotopic (exact) mass is 490 g/mol.